The highest BCUT2D eigenvalue weighted by Gasteiger charge is 2.63. The molecule has 0 spiro atoms. The molecule has 3 aliphatic heterocycles. The van der Waals surface area contributed by atoms with Gasteiger partial charge in [0.25, 0.3) is 11.8 Å². The average molecular weight is 491 g/mol. The third-order valence-corrected chi connectivity index (χ3v) is 7.11. The molecule has 2 aromatic carbocycles. The number of hydrogen-bond acceptors (Lipinski definition) is 5. The van der Waals surface area contributed by atoms with Gasteiger partial charge in [0.15, 0.2) is 0 Å². The van der Waals surface area contributed by atoms with Crippen molar-refractivity contribution in [3.63, 3.8) is 0 Å². The number of piperazine rings is 1. The van der Waals surface area contributed by atoms with Gasteiger partial charge in [0.1, 0.15) is 17.8 Å². The molecule has 4 heterocycles. The van der Waals surface area contributed by atoms with Crippen molar-refractivity contribution in [1.82, 2.24) is 14.8 Å². The Balaban J connectivity index is 1.36. The van der Waals surface area contributed by atoms with Gasteiger partial charge in [-0.15, -0.1) is 0 Å². The number of halogens is 3. The van der Waals surface area contributed by atoms with Crippen molar-refractivity contribution in [1.29, 1.82) is 5.26 Å². The molecule has 11 heteroatoms. The fourth-order valence-electron chi connectivity index (χ4n) is 5.63. The van der Waals surface area contributed by atoms with E-state index in [9.17, 15) is 32.8 Å². The molecule has 2 bridgehead atoms. The summed E-state index contributed by atoms with van der Waals surface area (Å²) in [6, 6.07) is 10.5. The Bertz CT molecular complexity index is 1510. The van der Waals surface area contributed by atoms with Gasteiger partial charge in [-0.1, -0.05) is 36.4 Å². The lowest BCUT2D eigenvalue weighted by molar-refractivity contribution is -0.138. The molecule has 3 aliphatic rings. The number of likely N-dealkylation sites (tertiary alicyclic amines) is 1. The smallest absolute Gasteiger partial charge is 0.331 e. The lowest BCUT2D eigenvalue weighted by atomic mass is 10.0. The summed E-state index contributed by atoms with van der Waals surface area (Å²) in [7, 11) is 0. The number of carbonyl (C=O) groups is 3. The van der Waals surface area contributed by atoms with Gasteiger partial charge < -0.3 is 9.80 Å². The first kappa shape index (κ1) is 22.0. The Morgan fingerprint density at radius 3 is 2.47 bits per heavy atom. The predicted molar refractivity (Wildman–Crippen MR) is 120 cm³/mol. The number of urea groups is 1. The van der Waals surface area contributed by atoms with E-state index in [4.69, 9.17) is 0 Å². The maximum absolute atomic E-state index is 13.6. The molecule has 1 unspecified atom stereocenters. The monoisotopic (exact) mass is 491 g/mol. The van der Waals surface area contributed by atoms with Crippen LogP contribution < -0.4 is 4.90 Å². The second-order valence-corrected chi connectivity index (χ2v) is 8.92. The maximum atomic E-state index is 13.6. The molecule has 3 fully saturated rings. The standard InChI is InChI=1S/C25H16F3N5O3/c26-25(27,28)17-8-4-3-7-16(17)22(34)31-12-13-9-19(31)21-23(35)33(24(36)32(13)21)20-11-30-18(10-29)14-5-1-2-6-15(14)20/h1-8,11,13,19,21H,9,12H2/t13-,19?,21-/m1/s1. The van der Waals surface area contributed by atoms with E-state index >= 15 is 0 Å². The fraction of sp³-hybridized carbons (Fsp3) is 0.240. The van der Waals surface area contributed by atoms with Crippen molar-refractivity contribution in [2.45, 2.75) is 30.7 Å². The minimum atomic E-state index is -4.71. The largest absolute Gasteiger partial charge is 0.417 e. The SMILES string of the molecule is N#Cc1ncc(N2C(=O)[C@H]3C4C[C@H](CN4C(=O)c4ccccc4C(F)(F)F)N3C2=O)c2ccccc12. The molecule has 4 amide bonds. The van der Waals surface area contributed by atoms with Crippen LogP contribution in [0, 0.1) is 11.3 Å². The minimum absolute atomic E-state index is 0.0332. The number of nitrogens with zero attached hydrogens (tertiary/aromatic N) is 5. The lowest BCUT2D eigenvalue weighted by Gasteiger charge is -2.35. The molecule has 6 rings (SSSR count). The average Bonchev–Trinajstić information content (AvgIpc) is 3.54. The number of benzene rings is 2. The van der Waals surface area contributed by atoms with Gasteiger partial charge in [-0.3, -0.25) is 9.59 Å². The van der Waals surface area contributed by atoms with Gasteiger partial charge >= 0.3 is 12.2 Å². The quantitative estimate of drug-likeness (QED) is 0.511. The molecule has 1 aromatic heterocycles. The molecule has 0 N–H and O–H groups in total. The summed E-state index contributed by atoms with van der Waals surface area (Å²) in [5.74, 6) is -1.40. The second kappa shape index (κ2) is 7.52. The first-order chi connectivity index (χ1) is 17.2. The number of aromatic nitrogens is 1. The number of amides is 4. The van der Waals surface area contributed by atoms with E-state index in [2.05, 4.69) is 4.98 Å². The number of imide groups is 1. The van der Waals surface area contributed by atoms with Gasteiger partial charge in [-0.05, 0) is 18.6 Å². The lowest BCUT2D eigenvalue weighted by Crippen LogP contribution is -2.55. The maximum Gasteiger partial charge on any atom is 0.417 e. The van der Waals surface area contributed by atoms with Crippen molar-refractivity contribution in [2.24, 2.45) is 0 Å². The van der Waals surface area contributed by atoms with E-state index in [1.54, 1.807) is 24.3 Å². The van der Waals surface area contributed by atoms with Crippen LogP contribution in [0.1, 0.15) is 28.0 Å². The second-order valence-electron chi connectivity index (χ2n) is 8.92. The zero-order valence-corrected chi connectivity index (χ0v) is 18.4. The van der Waals surface area contributed by atoms with E-state index < -0.39 is 53.3 Å². The topological polar surface area (TPSA) is 97.6 Å². The van der Waals surface area contributed by atoms with Crippen molar-refractivity contribution < 1.29 is 27.6 Å². The Morgan fingerprint density at radius 2 is 1.75 bits per heavy atom. The first-order valence-corrected chi connectivity index (χ1v) is 11.1. The number of pyridine rings is 1. The summed E-state index contributed by atoms with van der Waals surface area (Å²) in [6.07, 6.45) is -3.11. The van der Waals surface area contributed by atoms with E-state index in [0.29, 0.717) is 17.2 Å². The van der Waals surface area contributed by atoms with Gasteiger partial charge in [-0.2, -0.15) is 18.4 Å². The van der Waals surface area contributed by atoms with E-state index in [1.165, 1.54) is 28.1 Å². The van der Waals surface area contributed by atoms with Gasteiger partial charge in [0.05, 0.1) is 35.1 Å². The number of nitriles is 1. The van der Waals surface area contributed by atoms with E-state index in [0.717, 1.165) is 17.0 Å². The van der Waals surface area contributed by atoms with Crippen molar-refractivity contribution in [3.8, 4) is 6.07 Å². The normalized spacial score (nSPS) is 22.9. The van der Waals surface area contributed by atoms with E-state index in [1.807, 2.05) is 6.07 Å². The molecule has 180 valence electrons. The Morgan fingerprint density at radius 1 is 1.06 bits per heavy atom. The highest BCUT2D eigenvalue weighted by Crippen LogP contribution is 2.44. The third kappa shape index (κ3) is 2.94. The molecule has 0 saturated carbocycles. The van der Waals surface area contributed by atoms with Crippen LogP contribution >= 0.6 is 0 Å². The molecule has 0 radical (unpaired) electrons. The van der Waals surface area contributed by atoms with Crippen molar-refractivity contribution >= 4 is 34.3 Å². The van der Waals surface area contributed by atoms with Gasteiger partial charge in [-0.25, -0.2) is 14.7 Å². The molecule has 8 nitrogen and oxygen atoms in total. The number of alkyl halides is 3. The van der Waals surface area contributed by atoms with Crippen LogP contribution in [-0.4, -0.2) is 57.3 Å². The summed E-state index contributed by atoms with van der Waals surface area (Å²) in [5, 5.41) is 10.3. The molecule has 3 saturated heterocycles. The third-order valence-electron chi connectivity index (χ3n) is 7.11. The van der Waals surface area contributed by atoms with Crippen molar-refractivity contribution in [3.05, 3.63) is 71.5 Å². The Hall–Kier alpha value is -4.46. The van der Waals surface area contributed by atoms with Crippen LogP contribution in [0.4, 0.5) is 23.7 Å². The molecule has 0 aliphatic carbocycles. The highest BCUT2D eigenvalue weighted by molar-refractivity contribution is 6.25. The predicted octanol–water partition coefficient (Wildman–Crippen LogP) is 3.56. The number of fused-ring (bicyclic) bond motifs is 6. The zero-order valence-electron chi connectivity index (χ0n) is 18.4. The fourth-order valence-corrected chi connectivity index (χ4v) is 5.63. The summed E-state index contributed by atoms with van der Waals surface area (Å²) in [5.41, 5.74) is -1.16. The van der Waals surface area contributed by atoms with Crippen LogP contribution in [0.3, 0.4) is 0 Å². The number of anilines is 1. The highest BCUT2D eigenvalue weighted by atomic mass is 19.4. The molecular formula is C25H16F3N5O3. The van der Waals surface area contributed by atoms with Gasteiger partial charge in [0, 0.05) is 17.3 Å². The Labute approximate surface area is 202 Å². The molecular weight excluding hydrogens is 475 g/mol. The number of carbonyl (C=O) groups excluding carboxylic acids is 3. The van der Waals surface area contributed by atoms with Gasteiger partial charge in [0.2, 0.25) is 0 Å². The van der Waals surface area contributed by atoms with Crippen LogP contribution in [0.5, 0.6) is 0 Å². The number of hydrogen-bond donors (Lipinski definition) is 0. The minimum Gasteiger partial charge on any atom is -0.331 e. The van der Waals surface area contributed by atoms with Crippen LogP contribution in [0.2, 0.25) is 0 Å². The van der Waals surface area contributed by atoms with Crippen LogP contribution in [0.25, 0.3) is 10.8 Å². The first-order valence-electron chi connectivity index (χ1n) is 11.1. The summed E-state index contributed by atoms with van der Waals surface area (Å²) in [6.45, 7) is 0.0332. The summed E-state index contributed by atoms with van der Waals surface area (Å²) < 4.78 is 40.6. The molecule has 36 heavy (non-hydrogen) atoms. The van der Waals surface area contributed by atoms with E-state index in [-0.39, 0.29) is 17.9 Å². The summed E-state index contributed by atoms with van der Waals surface area (Å²) >= 11 is 0. The van der Waals surface area contributed by atoms with Crippen LogP contribution in [-0.2, 0) is 11.0 Å². The molecule has 3 aromatic rings. The zero-order chi connectivity index (χ0) is 25.4. The Kier molecular flexibility index (Phi) is 4.60. The number of rotatable bonds is 2. The molecule has 3 atom stereocenters. The summed E-state index contributed by atoms with van der Waals surface area (Å²) in [4.78, 5) is 48.0. The van der Waals surface area contributed by atoms with Crippen molar-refractivity contribution in [2.75, 3.05) is 11.4 Å². The van der Waals surface area contributed by atoms with Crippen LogP contribution in [0.15, 0.2) is 54.7 Å².